The summed E-state index contributed by atoms with van der Waals surface area (Å²) in [6.45, 7) is 4.87. The summed E-state index contributed by atoms with van der Waals surface area (Å²) in [7, 11) is 0. The second-order valence-corrected chi connectivity index (χ2v) is 8.22. The molecule has 0 bridgehead atoms. The number of halogens is 2. The Kier molecular flexibility index (Phi) is 13.0. The van der Waals surface area contributed by atoms with Gasteiger partial charge in [-0.1, -0.05) is 68.8 Å². The van der Waals surface area contributed by atoms with E-state index in [4.69, 9.17) is 32.7 Å². The Bertz CT molecular complexity index is 582. The summed E-state index contributed by atoms with van der Waals surface area (Å²) < 4.78 is 10.5. The number of hydrogen-bond acceptors (Lipinski definition) is 4. The van der Waals surface area contributed by atoms with Gasteiger partial charge in [0.1, 0.15) is 0 Å². The van der Waals surface area contributed by atoms with Gasteiger partial charge in [0.05, 0.1) is 16.7 Å². The molecule has 0 N–H and O–H groups in total. The normalized spacial score (nSPS) is 10.9. The Morgan fingerprint density at radius 2 is 1.39 bits per heavy atom. The Morgan fingerprint density at radius 1 is 0.857 bits per heavy atom. The average molecular weight is 431 g/mol. The largest absolute Gasteiger partial charge is 0.466 e. The predicted octanol–water partition coefficient (Wildman–Crippen LogP) is 7.00. The number of ether oxygens (including phenoxy) is 2. The van der Waals surface area contributed by atoms with E-state index in [9.17, 15) is 9.59 Å². The fourth-order valence-corrected chi connectivity index (χ4v) is 3.22. The molecule has 6 heteroatoms. The van der Waals surface area contributed by atoms with Crippen molar-refractivity contribution >= 4 is 35.1 Å². The van der Waals surface area contributed by atoms with E-state index in [1.54, 1.807) is 18.2 Å². The maximum Gasteiger partial charge on any atom is 0.311 e. The van der Waals surface area contributed by atoms with Gasteiger partial charge in [0.15, 0.2) is 5.75 Å². The topological polar surface area (TPSA) is 52.6 Å². The molecule has 0 radical (unpaired) electrons. The van der Waals surface area contributed by atoms with Crippen molar-refractivity contribution in [1.29, 1.82) is 0 Å². The summed E-state index contributed by atoms with van der Waals surface area (Å²) in [6, 6.07) is 4.98. The maximum atomic E-state index is 11.9. The highest BCUT2D eigenvalue weighted by Gasteiger charge is 2.11. The van der Waals surface area contributed by atoms with Crippen molar-refractivity contribution in [2.24, 2.45) is 5.92 Å². The van der Waals surface area contributed by atoms with Crippen LogP contribution in [0.15, 0.2) is 18.2 Å². The van der Waals surface area contributed by atoms with Crippen LogP contribution >= 0.6 is 23.2 Å². The van der Waals surface area contributed by atoms with Crippen LogP contribution in [-0.2, 0) is 14.3 Å². The highest BCUT2D eigenvalue weighted by Crippen LogP contribution is 2.32. The van der Waals surface area contributed by atoms with E-state index >= 15 is 0 Å². The summed E-state index contributed by atoms with van der Waals surface area (Å²) in [5, 5.41) is 0.665. The summed E-state index contributed by atoms with van der Waals surface area (Å²) in [5.41, 5.74) is 0. The molecule has 0 spiro atoms. The van der Waals surface area contributed by atoms with Gasteiger partial charge in [-0.25, -0.2) is 0 Å². The molecule has 0 unspecified atom stereocenters. The van der Waals surface area contributed by atoms with Gasteiger partial charge in [0, 0.05) is 12.8 Å². The number of rotatable bonds is 14. The maximum absolute atomic E-state index is 11.9. The van der Waals surface area contributed by atoms with E-state index in [1.165, 1.54) is 0 Å². The molecule has 0 saturated carbocycles. The summed E-state index contributed by atoms with van der Waals surface area (Å²) in [5.74, 6) is 0.460. The van der Waals surface area contributed by atoms with E-state index < -0.39 is 0 Å². The number of carbonyl (C=O) groups excluding carboxylic acids is 2. The molecule has 158 valence electrons. The van der Waals surface area contributed by atoms with Crippen molar-refractivity contribution in [2.75, 3.05) is 6.61 Å². The van der Waals surface area contributed by atoms with Crippen molar-refractivity contribution in [2.45, 2.75) is 78.1 Å². The lowest BCUT2D eigenvalue weighted by Crippen LogP contribution is -2.08. The van der Waals surface area contributed by atoms with Crippen molar-refractivity contribution in [3.05, 3.63) is 28.2 Å². The first-order valence-corrected chi connectivity index (χ1v) is 11.0. The van der Waals surface area contributed by atoms with Crippen LogP contribution in [0.1, 0.15) is 78.1 Å². The van der Waals surface area contributed by atoms with Crippen LogP contribution in [0, 0.1) is 5.92 Å². The minimum absolute atomic E-state index is 0.0928. The Morgan fingerprint density at radius 3 is 1.96 bits per heavy atom. The Labute approximate surface area is 178 Å². The SMILES string of the molecule is CC(C)CCCOC(=O)CCCCCCCCC(=O)Oc1c(Cl)cccc1Cl. The number of hydrogen-bond donors (Lipinski definition) is 0. The van der Waals surface area contributed by atoms with Crippen molar-refractivity contribution in [3.63, 3.8) is 0 Å². The van der Waals surface area contributed by atoms with Crippen LogP contribution in [0.25, 0.3) is 0 Å². The Hall–Kier alpha value is -1.26. The molecule has 0 fully saturated rings. The van der Waals surface area contributed by atoms with Crippen LogP contribution in [-0.4, -0.2) is 18.5 Å². The van der Waals surface area contributed by atoms with Crippen LogP contribution in [0.3, 0.4) is 0 Å². The van der Waals surface area contributed by atoms with Crippen LogP contribution in [0.4, 0.5) is 0 Å². The number of esters is 2. The molecule has 1 rings (SSSR count). The van der Waals surface area contributed by atoms with E-state index in [1.807, 2.05) is 0 Å². The van der Waals surface area contributed by atoms with Crippen molar-refractivity contribution in [3.8, 4) is 5.75 Å². The highest BCUT2D eigenvalue weighted by molar-refractivity contribution is 6.37. The lowest BCUT2D eigenvalue weighted by molar-refractivity contribution is -0.144. The lowest BCUT2D eigenvalue weighted by atomic mass is 10.1. The minimum atomic E-state index is -0.324. The fourth-order valence-electron chi connectivity index (χ4n) is 2.74. The third-order valence-electron chi connectivity index (χ3n) is 4.34. The van der Waals surface area contributed by atoms with Crippen molar-refractivity contribution in [1.82, 2.24) is 0 Å². The highest BCUT2D eigenvalue weighted by atomic mass is 35.5. The van der Waals surface area contributed by atoms with Gasteiger partial charge < -0.3 is 9.47 Å². The van der Waals surface area contributed by atoms with Gasteiger partial charge in [-0.05, 0) is 43.7 Å². The predicted molar refractivity (Wildman–Crippen MR) is 114 cm³/mol. The van der Waals surface area contributed by atoms with Crippen LogP contribution in [0.2, 0.25) is 10.0 Å². The van der Waals surface area contributed by atoms with E-state index in [2.05, 4.69) is 13.8 Å². The smallest absolute Gasteiger partial charge is 0.311 e. The molecular formula is C22H32Cl2O4. The molecular weight excluding hydrogens is 399 g/mol. The van der Waals surface area contributed by atoms with E-state index in [0.717, 1.165) is 51.4 Å². The second-order valence-electron chi connectivity index (χ2n) is 7.40. The molecule has 0 aliphatic carbocycles. The zero-order valence-electron chi connectivity index (χ0n) is 17.0. The minimum Gasteiger partial charge on any atom is -0.466 e. The molecule has 4 nitrogen and oxygen atoms in total. The number of unbranched alkanes of at least 4 members (excludes halogenated alkanes) is 5. The van der Waals surface area contributed by atoms with Gasteiger partial charge in [-0.3, -0.25) is 9.59 Å². The standard InChI is InChI=1S/C22H32Cl2O4/c1-17(2)11-10-16-27-20(25)14-7-5-3-4-6-8-15-21(26)28-22-18(23)12-9-13-19(22)24/h9,12-13,17H,3-8,10-11,14-16H2,1-2H3. The molecule has 0 aliphatic rings. The summed E-state index contributed by atoms with van der Waals surface area (Å²) in [6.07, 6.45) is 8.51. The third kappa shape index (κ3) is 11.6. The van der Waals surface area contributed by atoms with Gasteiger partial charge in [0.2, 0.25) is 0 Å². The van der Waals surface area contributed by atoms with Gasteiger partial charge in [0.25, 0.3) is 0 Å². The van der Waals surface area contributed by atoms with E-state index in [-0.39, 0.29) is 17.7 Å². The molecule has 1 aromatic rings. The fraction of sp³-hybridized carbons (Fsp3) is 0.636. The first-order valence-electron chi connectivity index (χ1n) is 10.2. The average Bonchev–Trinajstić information content (AvgIpc) is 2.64. The first-order chi connectivity index (χ1) is 13.4. The summed E-state index contributed by atoms with van der Waals surface area (Å²) >= 11 is 12.0. The van der Waals surface area contributed by atoms with E-state index in [0.29, 0.717) is 35.4 Å². The number of benzene rings is 1. The zero-order chi connectivity index (χ0) is 20.8. The molecule has 0 aromatic heterocycles. The molecule has 1 aromatic carbocycles. The monoisotopic (exact) mass is 430 g/mol. The molecule has 0 heterocycles. The van der Waals surface area contributed by atoms with Gasteiger partial charge in [-0.15, -0.1) is 0 Å². The van der Waals surface area contributed by atoms with Crippen LogP contribution in [0.5, 0.6) is 5.75 Å². The van der Waals surface area contributed by atoms with Gasteiger partial charge in [-0.2, -0.15) is 0 Å². The number of para-hydroxylation sites is 1. The quantitative estimate of drug-likeness (QED) is 0.181. The molecule has 0 amide bonds. The second kappa shape index (κ2) is 14.7. The molecule has 0 saturated heterocycles. The zero-order valence-corrected chi connectivity index (χ0v) is 18.5. The van der Waals surface area contributed by atoms with Crippen molar-refractivity contribution < 1.29 is 19.1 Å². The summed E-state index contributed by atoms with van der Waals surface area (Å²) in [4.78, 5) is 23.5. The first kappa shape index (κ1) is 24.8. The number of carbonyl (C=O) groups is 2. The lowest BCUT2D eigenvalue weighted by Gasteiger charge is -2.08. The molecule has 28 heavy (non-hydrogen) atoms. The van der Waals surface area contributed by atoms with Gasteiger partial charge >= 0.3 is 11.9 Å². The molecule has 0 aliphatic heterocycles. The third-order valence-corrected chi connectivity index (χ3v) is 4.93. The van der Waals surface area contributed by atoms with Crippen LogP contribution < -0.4 is 4.74 Å². The Balaban J connectivity index is 1.99. The molecule has 0 atom stereocenters.